The van der Waals surface area contributed by atoms with Crippen LogP contribution in [0.25, 0.3) is 0 Å². The molecule has 0 N–H and O–H groups in total. The van der Waals surface area contributed by atoms with Gasteiger partial charge in [-0.25, -0.2) is 0 Å². The zero-order valence-corrected chi connectivity index (χ0v) is 16.8. The van der Waals surface area contributed by atoms with Crippen molar-refractivity contribution < 1.29 is 4.79 Å². The lowest BCUT2D eigenvalue weighted by molar-refractivity contribution is -0.127. The van der Waals surface area contributed by atoms with Crippen molar-refractivity contribution in [3.63, 3.8) is 0 Å². The van der Waals surface area contributed by atoms with E-state index in [0.29, 0.717) is 17.8 Å². The summed E-state index contributed by atoms with van der Waals surface area (Å²) < 4.78 is 2.31. The topological polar surface area (TPSA) is 54.3 Å². The Balaban J connectivity index is 1.29. The lowest BCUT2D eigenvalue weighted by Crippen LogP contribution is -2.34. The van der Waals surface area contributed by atoms with Crippen molar-refractivity contribution in [1.82, 2.24) is 19.7 Å². The molecule has 5 rings (SSSR count). The number of carbonyl (C=O) groups excluding carboxylic acids is 1. The Bertz CT molecular complexity index is 731. The number of anilines is 1. The standard InChI is InChI=1S/C20H29N5OS/c26-18(24(16-8-9-16)15-6-2-1-3-7-15)14-27-20-22-21-19(23-12-4-5-13-23)25(20)17-10-11-17/h6,16-17H,1-5,7-14H2. The van der Waals surface area contributed by atoms with Crippen LogP contribution in [0.15, 0.2) is 16.9 Å². The van der Waals surface area contributed by atoms with E-state index in [1.165, 1.54) is 44.2 Å². The van der Waals surface area contributed by atoms with E-state index < -0.39 is 0 Å². The van der Waals surface area contributed by atoms with Crippen LogP contribution in [-0.4, -0.2) is 50.5 Å². The summed E-state index contributed by atoms with van der Waals surface area (Å²) in [5.41, 5.74) is 1.27. The fraction of sp³-hybridized carbons (Fsp3) is 0.750. The molecule has 7 heteroatoms. The number of hydrogen-bond donors (Lipinski definition) is 0. The molecule has 1 saturated heterocycles. The molecule has 0 atom stereocenters. The molecule has 3 aliphatic carbocycles. The Morgan fingerprint density at radius 3 is 2.59 bits per heavy atom. The van der Waals surface area contributed by atoms with E-state index in [9.17, 15) is 4.79 Å². The molecule has 0 unspecified atom stereocenters. The number of allylic oxidation sites excluding steroid dienone is 2. The highest BCUT2D eigenvalue weighted by Gasteiger charge is 2.36. The van der Waals surface area contributed by atoms with Crippen molar-refractivity contribution in [3.8, 4) is 0 Å². The van der Waals surface area contributed by atoms with Gasteiger partial charge in [-0.15, -0.1) is 10.2 Å². The number of hydrogen-bond acceptors (Lipinski definition) is 5. The minimum atomic E-state index is 0.253. The molecule has 0 spiro atoms. The van der Waals surface area contributed by atoms with Gasteiger partial charge in [0.15, 0.2) is 5.16 Å². The normalized spacial score (nSPS) is 22.8. The van der Waals surface area contributed by atoms with Crippen LogP contribution >= 0.6 is 11.8 Å². The van der Waals surface area contributed by atoms with E-state index in [1.54, 1.807) is 11.8 Å². The van der Waals surface area contributed by atoms with Gasteiger partial charge >= 0.3 is 0 Å². The summed E-state index contributed by atoms with van der Waals surface area (Å²) >= 11 is 1.58. The third-order valence-corrected chi connectivity index (χ3v) is 6.96. The van der Waals surface area contributed by atoms with Gasteiger partial charge in [0.05, 0.1) is 5.75 Å². The fourth-order valence-electron chi connectivity index (χ4n) is 4.32. The van der Waals surface area contributed by atoms with Gasteiger partial charge < -0.3 is 9.80 Å². The van der Waals surface area contributed by atoms with Gasteiger partial charge in [0.25, 0.3) is 0 Å². The zero-order chi connectivity index (χ0) is 18.2. The molecule has 0 aromatic carbocycles. The summed E-state index contributed by atoms with van der Waals surface area (Å²) in [4.78, 5) is 17.5. The van der Waals surface area contributed by atoms with Crippen LogP contribution in [0.1, 0.15) is 70.3 Å². The highest BCUT2D eigenvalue weighted by atomic mass is 32.2. The van der Waals surface area contributed by atoms with Gasteiger partial charge in [0.2, 0.25) is 11.9 Å². The molecule has 1 aromatic rings. The number of carbonyl (C=O) groups is 1. The third-order valence-electron chi connectivity index (χ3n) is 6.03. The van der Waals surface area contributed by atoms with Crippen molar-refractivity contribution in [2.24, 2.45) is 0 Å². The minimum Gasteiger partial charge on any atom is -0.341 e. The van der Waals surface area contributed by atoms with E-state index in [1.807, 2.05) is 0 Å². The summed E-state index contributed by atoms with van der Waals surface area (Å²) in [6, 6.07) is 0.984. The molecule has 1 amide bonds. The van der Waals surface area contributed by atoms with Gasteiger partial charge in [0.1, 0.15) is 0 Å². The largest absolute Gasteiger partial charge is 0.341 e. The Kier molecular flexibility index (Phi) is 4.88. The SMILES string of the molecule is O=C(CSc1nnc(N2CCCC2)n1C1CC1)N(C1=CCCCC1)C1CC1. The first-order chi connectivity index (χ1) is 13.3. The first-order valence-corrected chi connectivity index (χ1v) is 11.6. The van der Waals surface area contributed by atoms with Gasteiger partial charge in [-0.2, -0.15) is 0 Å². The molecule has 3 fully saturated rings. The molecule has 1 aliphatic heterocycles. The quantitative estimate of drug-likeness (QED) is 0.667. The zero-order valence-electron chi connectivity index (χ0n) is 16.0. The first kappa shape index (κ1) is 17.6. The van der Waals surface area contributed by atoms with Gasteiger partial charge in [-0.3, -0.25) is 9.36 Å². The average Bonchev–Trinajstić information content (AvgIpc) is 3.61. The van der Waals surface area contributed by atoms with Crippen LogP contribution in [-0.2, 0) is 4.79 Å². The summed E-state index contributed by atoms with van der Waals surface area (Å²) in [7, 11) is 0. The van der Waals surface area contributed by atoms with E-state index >= 15 is 0 Å². The number of rotatable bonds is 7. The highest BCUT2D eigenvalue weighted by Crippen LogP contribution is 2.42. The Morgan fingerprint density at radius 2 is 1.93 bits per heavy atom. The molecule has 27 heavy (non-hydrogen) atoms. The van der Waals surface area contributed by atoms with Crippen molar-refractivity contribution in [3.05, 3.63) is 11.8 Å². The molecule has 0 bridgehead atoms. The van der Waals surface area contributed by atoms with E-state index in [0.717, 1.165) is 49.9 Å². The second-order valence-corrected chi connectivity index (χ2v) is 9.25. The maximum absolute atomic E-state index is 13.1. The summed E-state index contributed by atoms with van der Waals surface area (Å²) in [5, 5.41) is 9.91. The summed E-state index contributed by atoms with van der Waals surface area (Å²) in [6.45, 7) is 2.16. The van der Waals surface area contributed by atoms with Crippen LogP contribution < -0.4 is 4.90 Å². The maximum Gasteiger partial charge on any atom is 0.237 e. The average molecular weight is 388 g/mol. The third kappa shape index (κ3) is 3.75. The fourth-order valence-corrected chi connectivity index (χ4v) is 5.18. The number of amides is 1. The minimum absolute atomic E-state index is 0.253. The monoisotopic (exact) mass is 387 g/mol. The van der Waals surface area contributed by atoms with Crippen LogP contribution in [0.3, 0.4) is 0 Å². The van der Waals surface area contributed by atoms with Crippen LogP contribution in [0.4, 0.5) is 5.95 Å². The molecule has 2 saturated carbocycles. The van der Waals surface area contributed by atoms with Crippen molar-refractivity contribution >= 4 is 23.6 Å². The molecular formula is C20H29N5OS. The lowest BCUT2D eigenvalue weighted by atomic mass is 10.0. The van der Waals surface area contributed by atoms with E-state index in [2.05, 4.69) is 30.6 Å². The molecule has 0 radical (unpaired) electrons. The number of thioether (sulfide) groups is 1. The maximum atomic E-state index is 13.1. The second kappa shape index (κ2) is 7.49. The Labute approximate surface area is 165 Å². The Hall–Kier alpha value is -1.50. The van der Waals surface area contributed by atoms with E-state index in [4.69, 9.17) is 0 Å². The smallest absolute Gasteiger partial charge is 0.237 e. The van der Waals surface area contributed by atoms with E-state index in [-0.39, 0.29) is 5.91 Å². The summed E-state index contributed by atoms with van der Waals surface area (Å²) in [5.74, 6) is 1.75. The molecule has 4 aliphatic rings. The highest BCUT2D eigenvalue weighted by molar-refractivity contribution is 7.99. The Morgan fingerprint density at radius 1 is 1.11 bits per heavy atom. The molecule has 2 heterocycles. The molecular weight excluding hydrogens is 358 g/mol. The second-order valence-electron chi connectivity index (χ2n) is 8.30. The van der Waals surface area contributed by atoms with Gasteiger partial charge in [-0.05, 0) is 64.2 Å². The van der Waals surface area contributed by atoms with Gasteiger partial charge in [-0.1, -0.05) is 17.8 Å². The van der Waals surface area contributed by atoms with Crippen molar-refractivity contribution in [2.75, 3.05) is 23.7 Å². The lowest BCUT2D eigenvalue weighted by Gasteiger charge is -2.27. The van der Waals surface area contributed by atoms with Crippen LogP contribution in [0.2, 0.25) is 0 Å². The molecule has 146 valence electrons. The van der Waals surface area contributed by atoms with Crippen molar-refractivity contribution in [1.29, 1.82) is 0 Å². The first-order valence-electron chi connectivity index (χ1n) is 10.6. The summed E-state index contributed by atoms with van der Waals surface area (Å²) in [6.07, 6.45) is 14.2. The molecule has 6 nitrogen and oxygen atoms in total. The van der Waals surface area contributed by atoms with Gasteiger partial charge in [0, 0.05) is 30.9 Å². The number of aromatic nitrogens is 3. The van der Waals surface area contributed by atoms with Crippen LogP contribution in [0, 0.1) is 0 Å². The predicted octanol–water partition coefficient (Wildman–Crippen LogP) is 3.75. The van der Waals surface area contributed by atoms with Crippen molar-refractivity contribution in [2.45, 2.75) is 81.4 Å². The van der Waals surface area contributed by atoms with Crippen LogP contribution in [0.5, 0.6) is 0 Å². The number of nitrogens with zero attached hydrogens (tertiary/aromatic N) is 5. The molecule has 1 aromatic heterocycles. The predicted molar refractivity (Wildman–Crippen MR) is 107 cm³/mol.